The monoisotopic (exact) mass is 141 g/mol. The zero-order chi connectivity index (χ0) is 7.56. The van der Waals surface area contributed by atoms with Crippen molar-refractivity contribution in [3.05, 3.63) is 5.82 Å². The summed E-state index contributed by atoms with van der Waals surface area (Å²) < 4.78 is 0. The van der Waals surface area contributed by atoms with Crippen molar-refractivity contribution in [3.8, 4) is 0 Å². The number of carbonyl (C=O) groups is 1. The quantitative estimate of drug-likeness (QED) is 0.541. The number of amides is 1. The Balaban J connectivity index is 2.67. The van der Waals surface area contributed by atoms with Gasteiger partial charge in [0.2, 0.25) is 5.91 Å². The van der Waals surface area contributed by atoms with Gasteiger partial charge in [-0.15, -0.1) is 10.2 Å². The molecule has 0 fully saturated rings. The smallest absolute Gasteiger partial charge is 0.241 e. The first-order valence-electron chi connectivity index (χ1n) is 2.71. The summed E-state index contributed by atoms with van der Waals surface area (Å²) in [5, 5.41) is 10.8. The lowest BCUT2D eigenvalue weighted by atomic mass is 10.6. The van der Waals surface area contributed by atoms with Crippen LogP contribution in [0.25, 0.3) is 0 Å². The molecule has 54 valence electrons. The second-order valence-corrected chi connectivity index (χ2v) is 1.83. The fourth-order valence-corrected chi connectivity index (χ4v) is 0.530. The van der Waals surface area contributed by atoms with E-state index < -0.39 is 5.91 Å². The molecule has 0 bridgehead atoms. The van der Waals surface area contributed by atoms with Gasteiger partial charge in [0.1, 0.15) is 6.54 Å². The van der Waals surface area contributed by atoms with E-state index in [4.69, 9.17) is 5.73 Å². The Morgan fingerprint density at radius 2 is 2.50 bits per heavy atom. The summed E-state index contributed by atoms with van der Waals surface area (Å²) in [7, 11) is 0. The topological polar surface area (TPSA) is 86.7 Å². The van der Waals surface area contributed by atoms with E-state index in [1.807, 2.05) is 0 Å². The van der Waals surface area contributed by atoms with Crippen molar-refractivity contribution in [2.75, 3.05) is 0 Å². The molecule has 1 rings (SSSR count). The molecule has 0 radical (unpaired) electrons. The summed E-state index contributed by atoms with van der Waals surface area (Å²) in [4.78, 5) is 11.4. The van der Waals surface area contributed by atoms with Crippen molar-refractivity contribution >= 4 is 5.91 Å². The van der Waals surface area contributed by atoms with E-state index in [0.717, 1.165) is 4.80 Å². The maximum atomic E-state index is 10.3. The van der Waals surface area contributed by atoms with Crippen molar-refractivity contribution in [2.45, 2.75) is 13.5 Å². The molecule has 0 atom stereocenters. The van der Waals surface area contributed by atoms with E-state index in [0.29, 0.717) is 5.82 Å². The Morgan fingerprint density at radius 1 is 1.80 bits per heavy atom. The van der Waals surface area contributed by atoms with Crippen molar-refractivity contribution in [1.82, 2.24) is 20.2 Å². The van der Waals surface area contributed by atoms with E-state index in [-0.39, 0.29) is 6.54 Å². The molecular formula is C4H7N5O. The van der Waals surface area contributed by atoms with E-state index in [2.05, 4.69) is 15.4 Å². The molecule has 10 heavy (non-hydrogen) atoms. The summed E-state index contributed by atoms with van der Waals surface area (Å²) >= 11 is 0. The zero-order valence-electron chi connectivity index (χ0n) is 5.48. The van der Waals surface area contributed by atoms with Crippen LogP contribution < -0.4 is 5.73 Å². The molecule has 6 heteroatoms. The molecule has 0 aliphatic heterocycles. The molecule has 1 aromatic rings. The second kappa shape index (κ2) is 2.42. The van der Waals surface area contributed by atoms with Crippen molar-refractivity contribution in [1.29, 1.82) is 0 Å². The molecule has 6 nitrogen and oxygen atoms in total. The van der Waals surface area contributed by atoms with Gasteiger partial charge in [-0.1, -0.05) is 0 Å². The molecule has 0 saturated carbocycles. The third-order valence-corrected chi connectivity index (χ3v) is 0.850. The van der Waals surface area contributed by atoms with Gasteiger partial charge >= 0.3 is 0 Å². The highest BCUT2D eigenvalue weighted by molar-refractivity contribution is 5.73. The molecule has 1 heterocycles. The second-order valence-electron chi connectivity index (χ2n) is 1.83. The lowest BCUT2D eigenvalue weighted by Crippen LogP contribution is -2.20. The van der Waals surface area contributed by atoms with Crippen molar-refractivity contribution in [2.24, 2.45) is 5.73 Å². The van der Waals surface area contributed by atoms with Crippen LogP contribution in [0.2, 0.25) is 0 Å². The molecule has 0 aliphatic carbocycles. The number of rotatable bonds is 2. The van der Waals surface area contributed by atoms with Crippen LogP contribution in [-0.4, -0.2) is 26.1 Å². The highest BCUT2D eigenvalue weighted by Crippen LogP contribution is 1.79. The van der Waals surface area contributed by atoms with Crippen LogP contribution in [0, 0.1) is 6.92 Å². The number of primary amides is 1. The van der Waals surface area contributed by atoms with Crippen LogP contribution in [0.1, 0.15) is 5.82 Å². The van der Waals surface area contributed by atoms with Crippen molar-refractivity contribution in [3.63, 3.8) is 0 Å². The molecular weight excluding hydrogens is 134 g/mol. The number of aryl methyl sites for hydroxylation is 1. The molecule has 0 spiro atoms. The van der Waals surface area contributed by atoms with Crippen LogP contribution in [0.3, 0.4) is 0 Å². The predicted octanol–water partition coefficient (Wildman–Crippen LogP) is -1.53. The minimum Gasteiger partial charge on any atom is -0.368 e. The van der Waals surface area contributed by atoms with Crippen molar-refractivity contribution < 1.29 is 4.79 Å². The number of hydrogen-bond acceptors (Lipinski definition) is 4. The maximum absolute atomic E-state index is 10.3. The van der Waals surface area contributed by atoms with Crippen LogP contribution in [0.5, 0.6) is 0 Å². The largest absolute Gasteiger partial charge is 0.368 e. The van der Waals surface area contributed by atoms with Gasteiger partial charge in [0.05, 0.1) is 0 Å². The van der Waals surface area contributed by atoms with Gasteiger partial charge in [-0.05, 0) is 12.1 Å². The Morgan fingerprint density at radius 3 is 2.90 bits per heavy atom. The Hall–Kier alpha value is -1.46. The predicted molar refractivity (Wildman–Crippen MR) is 31.7 cm³/mol. The molecule has 2 N–H and O–H groups in total. The first kappa shape index (κ1) is 6.66. The SMILES string of the molecule is Cc1nnn(CC(N)=O)n1. The van der Waals surface area contributed by atoms with Gasteiger partial charge < -0.3 is 5.73 Å². The van der Waals surface area contributed by atoms with E-state index in [1.54, 1.807) is 6.92 Å². The van der Waals surface area contributed by atoms with Gasteiger partial charge in [0.25, 0.3) is 0 Å². The van der Waals surface area contributed by atoms with Crippen LogP contribution in [-0.2, 0) is 11.3 Å². The number of aromatic nitrogens is 4. The maximum Gasteiger partial charge on any atom is 0.241 e. The van der Waals surface area contributed by atoms with Gasteiger partial charge in [-0.2, -0.15) is 4.80 Å². The first-order valence-corrected chi connectivity index (χ1v) is 2.71. The van der Waals surface area contributed by atoms with Gasteiger partial charge in [-0.25, -0.2) is 0 Å². The number of nitrogens with two attached hydrogens (primary N) is 1. The lowest BCUT2D eigenvalue weighted by molar-refractivity contribution is -0.118. The van der Waals surface area contributed by atoms with Crippen LogP contribution in [0.15, 0.2) is 0 Å². The Labute approximate surface area is 57.0 Å². The molecule has 1 amide bonds. The molecule has 0 saturated heterocycles. The number of nitrogens with zero attached hydrogens (tertiary/aromatic N) is 4. The summed E-state index contributed by atoms with van der Waals surface area (Å²) in [5.41, 5.74) is 4.87. The fraction of sp³-hybridized carbons (Fsp3) is 0.500. The summed E-state index contributed by atoms with van der Waals surface area (Å²) in [6, 6.07) is 0. The Bertz CT molecular complexity index is 242. The highest BCUT2D eigenvalue weighted by Gasteiger charge is 1.99. The normalized spacial score (nSPS) is 9.70. The minimum absolute atomic E-state index is 0.0131. The molecule has 0 aliphatic rings. The number of carbonyl (C=O) groups excluding carboxylic acids is 1. The number of hydrogen-bond donors (Lipinski definition) is 1. The van der Waals surface area contributed by atoms with E-state index >= 15 is 0 Å². The molecule has 0 unspecified atom stereocenters. The molecule has 0 aromatic carbocycles. The fourth-order valence-electron chi connectivity index (χ4n) is 0.530. The molecule has 1 aromatic heterocycles. The zero-order valence-corrected chi connectivity index (χ0v) is 5.48. The summed E-state index contributed by atoms with van der Waals surface area (Å²) in [5.74, 6) is 0.0543. The van der Waals surface area contributed by atoms with Crippen LogP contribution >= 0.6 is 0 Å². The average Bonchev–Trinajstić information content (AvgIpc) is 2.13. The van der Waals surface area contributed by atoms with Gasteiger partial charge in [0, 0.05) is 0 Å². The third kappa shape index (κ3) is 1.51. The third-order valence-electron chi connectivity index (χ3n) is 0.850. The van der Waals surface area contributed by atoms with E-state index in [1.165, 1.54) is 0 Å². The number of tetrazole rings is 1. The highest BCUT2D eigenvalue weighted by atomic mass is 16.1. The Kier molecular flexibility index (Phi) is 1.61. The minimum atomic E-state index is -0.475. The van der Waals surface area contributed by atoms with E-state index in [9.17, 15) is 4.79 Å². The first-order chi connectivity index (χ1) is 4.68. The lowest BCUT2D eigenvalue weighted by Gasteiger charge is -1.89. The van der Waals surface area contributed by atoms with Gasteiger partial charge in [-0.3, -0.25) is 4.79 Å². The average molecular weight is 141 g/mol. The van der Waals surface area contributed by atoms with Crippen LogP contribution in [0.4, 0.5) is 0 Å². The van der Waals surface area contributed by atoms with Gasteiger partial charge in [0.15, 0.2) is 5.82 Å². The summed E-state index contributed by atoms with van der Waals surface area (Å²) in [6.45, 7) is 1.67. The summed E-state index contributed by atoms with van der Waals surface area (Å²) in [6.07, 6.45) is 0. The standard InChI is InChI=1S/C4H7N5O/c1-3-6-8-9(7-3)2-4(5)10/h2H2,1H3,(H2,5,10).